The summed E-state index contributed by atoms with van der Waals surface area (Å²) in [5.74, 6) is 1.79. The van der Waals surface area contributed by atoms with Crippen molar-refractivity contribution in [1.82, 2.24) is 20.4 Å². The second-order valence-electron chi connectivity index (χ2n) is 7.78. The summed E-state index contributed by atoms with van der Waals surface area (Å²) in [5, 5.41) is 6.84. The van der Waals surface area contributed by atoms with Crippen molar-refractivity contribution in [1.29, 1.82) is 0 Å². The van der Waals surface area contributed by atoms with Gasteiger partial charge in [-0.25, -0.2) is 0 Å². The standard InChI is InChI=1S/C21H37N5/c1-18-10-14-26(15-11-18)13-5-12-23-21(22-2)24-16-19-6-8-20(9-7-19)17-25(3)4/h6-9,18H,5,10-17H2,1-4H3,(H2,22,23,24). The largest absolute Gasteiger partial charge is 0.356 e. The molecule has 0 spiro atoms. The smallest absolute Gasteiger partial charge is 0.191 e. The molecule has 1 aromatic rings. The Morgan fingerprint density at radius 3 is 2.38 bits per heavy atom. The second kappa shape index (κ2) is 11.2. The highest BCUT2D eigenvalue weighted by atomic mass is 15.2. The number of nitrogens with one attached hydrogen (secondary N) is 2. The van der Waals surface area contributed by atoms with Gasteiger partial charge in [-0.05, 0) is 70.0 Å². The maximum absolute atomic E-state index is 4.33. The molecule has 1 fully saturated rings. The van der Waals surface area contributed by atoms with Crippen LogP contribution in [-0.4, -0.2) is 63.1 Å². The van der Waals surface area contributed by atoms with E-state index < -0.39 is 0 Å². The third-order valence-electron chi connectivity index (χ3n) is 5.03. The van der Waals surface area contributed by atoms with E-state index in [9.17, 15) is 0 Å². The first-order valence-electron chi connectivity index (χ1n) is 9.96. The van der Waals surface area contributed by atoms with Gasteiger partial charge in [-0.3, -0.25) is 4.99 Å². The van der Waals surface area contributed by atoms with Gasteiger partial charge in [0.25, 0.3) is 0 Å². The molecule has 2 rings (SSSR count). The molecular weight excluding hydrogens is 322 g/mol. The molecule has 1 heterocycles. The Morgan fingerprint density at radius 2 is 1.77 bits per heavy atom. The minimum atomic E-state index is 0.798. The first-order valence-corrected chi connectivity index (χ1v) is 9.96. The van der Waals surface area contributed by atoms with E-state index in [2.05, 4.69) is 70.7 Å². The highest BCUT2D eigenvalue weighted by Crippen LogP contribution is 2.15. The molecule has 146 valence electrons. The third kappa shape index (κ3) is 7.75. The Morgan fingerprint density at radius 1 is 1.12 bits per heavy atom. The third-order valence-corrected chi connectivity index (χ3v) is 5.03. The maximum atomic E-state index is 4.33. The van der Waals surface area contributed by atoms with Crippen LogP contribution in [0.5, 0.6) is 0 Å². The Balaban J connectivity index is 1.63. The molecule has 0 bridgehead atoms. The minimum absolute atomic E-state index is 0.798. The fourth-order valence-corrected chi connectivity index (χ4v) is 3.33. The molecule has 0 amide bonds. The van der Waals surface area contributed by atoms with E-state index in [0.29, 0.717) is 0 Å². The maximum Gasteiger partial charge on any atom is 0.191 e. The lowest BCUT2D eigenvalue weighted by Crippen LogP contribution is -2.39. The molecule has 0 saturated carbocycles. The summed E-state index contributed by atoms with van der Waals surface area (Å²) in [6, 6.07) is 8.78. The molecule has 0 radical (unpaired) electrons. The molecule has 1 aliphatic heterocycles. The number of aliphatic imine (C=N–C) groups is 1. The summed E-state index contributed by atoms with van der Waals surface area (Å²) in [4.78, 5) is 9.10. The van der Waals surface area contributed by atoms with E-state index in [1.54, 1.807) is 0 Å². The van der Waals surface area contributed by atoms with Crippen LogP contribution in [0, 0.1) is 5.92 Å². The van der Waals surface area contributed by atoms with Gasteiger partial charge in [0.2, 0.25) is 0 Å². The van der Waals surface area contributed by atoms with Crippen molar-refractivity contribution in [3.63, 3.8) is 0 Å². The molecule has 2 N–H and O–H groups in total. The highest BCUT2D eigenvalue weighted by molar-refractivity contribution is 5.79. The van der Waals surface area contributed by atoms with Gasteiger partial charge in [-0.2, -0.15) is 0 Å². The summed E-state index contributed by atoms with van der Waals surface area (Å²) in [5.41, 5.74) is 2.62. The Labute approximate surface area is 159 Å². The van der Waals surface area contributed by atoms with E-state index >= 15 is 0 Å². The van der Waals surface area contributed by atoms with Gasteiger partial charge < -0.3 is 20.4 Å². The monoisotopic (exact) mass is 359 g/mol. The molecule has 0 unspecified atom stereocenters. The van der Waals surface area contributed by atoms with Crippen LogP contribution < -0.4 is 10.6 Å². The molecular formula is C21H37N5. The normalized spacial score (nSPS) is 16.9. The van der Waals surface area contributed by atoms with Crippen LogP contribution in [-0.2, 0) is 13.1 Å². The first kappa shape index (κ1) is 20.7. The predicted octanol–water partition coefficient (Wildman–Crippen LogP) is 2.54. The number of benzene rings is 1. The van der Waals surface area contributed by atoms with Crippen LogP contribution in [0.25, 0.3) is 0 Å². The van der Waals surface area contributed by atoms with Crippen LogP contribution in [0.15, 0.2) is 29.3 Å². The number of likely N-dealkylation sites (tertiary alicyclic amines) is 1. The molecule has 1 saturated heterocycles. The molecule has 0 aromatic heterocycles. The lowest BCUT2D eigenvalue weighted by Gasteiger charge is -2.30. The summed E-state index contributed by atoms with van der Waals surface area (Å²) in [6.07, 6.45) is 3.86. The van der Waals surface area contributed by atoms with Crippen molar-refractivity contribution in [2.75, 3.05) is 47.3 Å². The van der Waals surface area contributed by atoms with Gasteiger partial charge in [0.1, 0.15) is 0 Å². The quantitative estimate of drug-likeness (QED) is 0.425. The van der Waals surface area contributed by atoms with Gasteiger partial charge in [0, 0.05) is 26.7 Å². The summed E-state index contributed by atoms with van der Waals surface area (Å²) in [7, 11) is 6.02. The highest BCUT2D eigenvalue weighted by Gasteiger charge is 2.14. The Hall–Kier alpha value is -1.59. The molecule has 0 atom stereocenters. The van der Waals surface area contributed by atoms with Crippen molar-refractivity contribution in [3.8, 4) is 0 Å². The number of guanidine groups is 1. The van der Waals surface area contributed by atoms with Gasteiger partial charge in [0.05, 0.1) is 0 Å². The fraction of sp³-hybridized carbons (Fsp3) is 0.667. The molecule has 5 heteroatoms. The van der Waals surface area contributed by atoms with E-state index in [1.165, 1.54) is 43.6 Å². The van der Waals surface area contributed by atoms with Crippen LogP contribution in [0.3, 0.4) is 0 Å². The van der Waals surface area contributed by atoms with E-state index in [-0.39, 0.29) is 0 Å². The molecule has 26 heavy (non-hydrogen) atoms. The fourth-order valence-electron chi connectivity index (χ4n) is 3.33. The summed E-state index contributed by atoms with van der Waals surface area (Å²) < 4.78 is 0. The zero-order valence-electron chi connectivity index (χ0n) is 17.1. The number of nitrogens with zero attached hydrogens (tertiary/aromatic N) is 3. The average Bonchev–Trinajstić information content (AvgIpc) is 2.63. The lowest BCUT2D eigenvalue weighted by atomic mass is 9.99. The molecule has 0 aliphatic carbocycles. The van der Waals surface area contributed by atoms with E-state index in [0.717, 1.165) is 37.9 Å². The van der Waals surface area contributed by atoms with Crippen LogP contribution >= 0.6 is 0 Å². The molecule has 5 nitrogen and oxygen atoms in total. The topological polar surface area (TPSA) is 42.9 Å². The predicted molar refractivity (Wildman–Crippen MR) is 111 cm³/mol. The van der Waals surface area contributed by atoms with Gasteiger partial charge >= 0.3 is 0 Å². The summed E-state index contributed by atoms with van der Waals surface area (Å²) >= 11 is 0. The molecule has 1 aromatic carbocycles. The lowest BCUT2D eigenvalue weighted by molar-refractivity contribution is 0.191. The van der Waals surface area contributed by atoms with Crippen molar-refractivity contribution >= 4 is 5.96 Å². The minimum Gasteiger partial charge on any atom is -0.356 e. The van der Waals surface area contributed by atoms with Gasteiger partial charge in [-0.15, -0.1) is 0 Å². The number of piperidine rings is 1. The second-order valence-corrected chi connectivity index (χ2v) is 7.78. The van der Waals surface area contributed by atoms with Gasteiger partial charge in [-0.1, -0.05) is 31.2 Å². The average molecular weight is 360 g/mol. The Bertz CT molecular complexity index is 530. The van der Waals surface area contributed by atoms with Crippen molar-refractivity contribution in [2.45, 2.75) is 39.3 Å². The Kier molecular flexibility index (Phi) is 8.92. The van der Waals surface area contributed by atoms with Crippen molar-refractivity contribution in [3.05, 3.63) is 35.4 Å². The van der Waals surface area contributed by atoms with Crippen molar-refractivity contribution < 1.29 is 0 Å². The van der Waals surface area contributed by atoms with Crippen LogP contribution in [0.1, 0.15) is 37.3 Å². The van der Waals surface area contributed by atoms with Crippen molar-refractivity contribution in [2.24, 2.45) is 10.9 Å². The zero-order valence-corrected chi connectivity index (χ0v) is 17.1. The van der Waals surface area contributed by atoms with Gasteiger partial charge in [0.15, 0.2) is 5.96 Å². The van der Waals surface area contributed by atoms with Crippen LogP contribution in [0.4, 0.5) is 0 Å². The zero-order chi connectivity index (χ0) is 18.8. The van der Waals surface area contributed by atoms with E-state index in [4.69, 9.17) is 0 Å². The summed E-state index contributed by atoms with van der Waals surface area (Å²) in [6.45, 7) is 8.82. The number of rotatable bonds is 8. The van der Waals surface area contributed by atoms with Crippen LogP contribution in [0.2, 0.25) is 0 Å². The van der Waals surface area contributed by atoms with E-state index in [1.807, 2.05) is 7.05 Å². The number of hydrogen-bond donors (Lipinski definition) is 2. The number of hydrogen-bond acceptors (Lipinski definition) is 3. The first-order chi connectivity index (χ1) is 12.6. The SMILES string of the molecule is CN=C(NCCCN1CCC(C)CC1)NCc1ccc(CN(C)C)cc1. The molecule has 1 aliphatic rings.